The average molecular weight is 487 g/mol. The lowest BCUT2D eigenvalue weighted by Crippen LogP contribution is -2.42. The van der Waals surface area contributed by atoms with Gasteiger partial charge in [-0.3, -0.25) is 0 Å². The monoisotopic (exact) mass is 487 g/mol. The van der Waals surface area contributed by atoms with Crippen molar-refractivity contribution in [3.63, 3.8) is 0 Å². The van der Waals surface area contributed by atoms with E-state index in [1.807, 2.05) is 30.3 Å². The Morgan fingerprint density at radius 2 is 2.04 bits per heavy atom. The highest BCUT2D eigenvalue weighted by atomic mass is 127. The van der Waals surface area contributed by atoms with Crippen molar-refractivity contribution >= 4 is 29.9 Å². The van der Waals surface area contributed by atoms with Gasteiger partial charge in [-0.05, 0) is 37.6 Å². The van der Waals surface area contributed by atoms with E-state index in [-0.39, 0.29) is 24.0 Å². The number of methoxy groups -OCH3 is 2. The molecule has 0 aliphatic rings. The van der Waals surface area contributed by atoms with E-state index in [9.17, 15) is 0 Å². The molecule has 0 saturated carbocycles. The topological polar surface area (TPSA) is 68.0 Å². The van der Waals surface area contributed by atoms with Crippen molar-refractivity contribution < 1.29 is 13.9 Å². The fraction of sp³-hybridized carbons (Fsp3) is 0.450. The van der Waals surface area contributed by atoms with Crippen LogP contribution in [0.4, 0.5) is 0 Å². The summed E-state index contributed by atoms with van der Waals surface area (Å²) >= 11 is 0. The van der Waals surface area contributed by atoms with Crippen LogP contribution >= 0.6 is 24.0 Å². The molecule has 150 valence electrons. The summed E-state index contributed by atoms with van der Waals surface area (Å²) in [7, 11) is 3.30. The third-order valence-electron chi connectivity index (χ3n) is 4.14. The van der Waals surface area contributed by atoms with Gasteiger partial charge < -0.3 is 24.5 Å². The molecule has 0 radical (unpaired) electrons. The molecule has 0 fully saturated rings. The molecule has 0 aliphatic carbocycles. The first-order valence-corrected chi connectivity index (χ1v) is 8.94. The SMILES string of the molecule is CCC(C)NC(=NCc1ccc(OC)cc1OC)NCCc1ccco1.I. The number of furan rings is 1. The summed E-state index contributed by atoms with van der Waals surface area (Å²) in [6.45, 7) is 5.54. The number of halogens is 1. The van der Waals surface area contributed by atoms with Crippen LogP contribution in [0.25, 0.3) is 0 Å². The van der Waals surface area contributed by atoms with Gasteiger partial charge in [-0.25, -0.2) is 4.99 Å². The van der Waals surface area contributed by atoms with Gasteiger partial charge in [-0.2, -0.15) is 0 Å². The maximum absolute atomic E-state index is 5.45. The number of nitrogens with one attached hydrogen (secondary N) is 2. The zero-order chi connectivity index (χ0) is 18.8. The van der Waals surface area contributed by atoms with Gasteiger partial charge in [0.05, 0.1) is 27.0 Å². The predicted octanol–water partition coefficient (Wildman–Crippen LogP) is 3.99. The molecule has 0 saturated heterocycles. The van der Waals surface area contributed by atoms with E-state index in [2.05, 4.69) is 24.5 Å². The molecule has 0 amide bonds. The lowest BCUT2D eigenvalue weighted by molar-refractivity contribution is 0.391. The summed E-state index contributed by atoms with van der Waals surface area (Å²) in [5.41, 5.74) is 1.00. The van der Waals surface area contributed by atoms with Gasteiger partial charge in [0.15, 0.2) is 5.96 Å². The zero-order valence-electron chi connectivity index (χ0n) is 16.5. The van der Waals surface area contributed by atoms with E-state index < -0.39 is 0 Å². The Kier molecular flexibility index (Phi) is 10.7. The van der Waals surface area contributed by atoms with Crippen molar-refractivity contribution in [1.82, 2.24) is 10.6 Å². The molecule has 1 atom stereocenters. The lowest BCUT2D eigenvalue weighted by Gasteiger charge is -2.17. The van der Waals surface area contributed by atoms with Gasteiger partial charge >= 0.3 is 0 Å². The molecule has 2 aromatic rings. The maximum atomic E-state index is 5.45. The van der Waals surface area contributed by atoms with E-state index in [4.69, 9.17) is 18.9 Å². The number of nitrogens with zero attached hydrogens (tertiary/aromatic N) is 1. The van der Waals surface area contributed by atoms with Gasteiger partial charge in [0.1, 0.15) is 17.3 Å². The first-order valence-electron chi connectivity index (χ1n) is 8.94. The normalized spacial score (nSPS) is 12.1. The summed E-state index contributed by atoms with van der Waals surface area (Å²) in [6, 6.07) is 9.98. The van der Waals surface area contributed by atoms with E-state index in [0.717, 1.165) is 48.2 Å². The van der Waals surface area contributed by atoms with Crippen LogP contribution in [-0.4, -0.2) is 32.8 Å². The molecular weight excluding hydrogens is 457 g/mol. The summed E-state index contributed by atoms with van der Waals surface area (Å²) in [5.74, 6) is 3.27. The van der Waals surface area contributed by atoms with Crippen molar-refractivity contribution in [3.05, 3.63) is 47.9 Å². The molecule has 0 aliphatic heterocycles. The number of benzene rings is 1. The largest absolute Gasteiger partial charge is 0.497 e. The second-order valence-corrected chi connectivity index (χ2v) is 6.05. The molecule has 6 nitrogen and oxygen atoms in total. The van der Waals surface area contributed by atoms with Crippen LogP contribution in [-0.2, 0) is 13.0 Å². The molecule has 27 heavy (non-hydrogen) atoms. The highest BCUT2D eigenvalue weighted by Crippen LogP contribution is 2.25. The van der Waals surface area contributed by atoms with Crippen LogP contribution in [0.3, 0.4) is 0 Å². The van der Waals surface area contributed by atoms with E-state index >= 15 is 0 Å². The molecule has 1 aromatic heterocycles. The van der Waals surface area contributed by atoms with Crippen LogP contribution < -0.4 is 20.1 Å². The third kappa shape index (κ3) is 7.70. The highest BCUT2D eigenvalue weighted by molar-refractivity contribution is 14.0. The Bertz CT molecular complexity index is 690. The Hall–Kier alpha value is -1.90. The molecule has 7 heteroatoms. The number of ether oxygens (including phenoxy) is 2. The third-order valence-corrected chi connectivity index (χ3v) is 4.14. The van der Waals surface area contributed by atoms with Gasteiger partial charge in [-0.15, -0.1) is 24.0 Å². The second-order valence-electron chi connectivity index (χ2n) is 6.05. The summed E-state index contributed by atoms with van der Waals surface area (Å²) < 4.78 is 16.1. The van der Waals surface area contributed by atoms with Gasteiger partial charge in [-0.1, -0.05) is 6.92 Å². The molecule has 0 spiro atoms. The van der Waals surface area contributed by atoms with Crippen molar-refractivity contribution in [2.75, 3.05) is 20.8 Å². The fourth-order valence-corrected chi connectivity index (χ4v) is 2.39. The highest BCUT2D eigenvalue weighted by Gasteiger charge is 2.07. The minimum atomic E-state index is 0. The van der Waals surface area contributed by atoms with Gasteiger partial charge in [0.25, 0.3) is 0 Å². The average Bonchev–Trinajstić information content (AvgIpc) is 3.19. The van der Waals surface area contributed by atoms with Crippen LogP contribution in [0.15, 0.2) is 46.0 Å². The Morgan fingerprint density at radius 1 is 1.22 bits per heavy atom. The van der Waals surface area contributed by atoms with Crippen molar-refractivity contribution in [2.45, 2.75) is 39.3 Å². The number of hydrogen-bond donors (Lipinski definition) is 2. The second kappa shape index (κ2) is 12.5. The van der Waals surface area contributed by atoms with Crippen molar-refractivity contribution in [1.29, 1.82) is 0 Å². The number of guanidine groups is 1. The molecule has 1 aromatic carbocycles. The first kappa shape index (κ1) is 23.1. The van der Waals surface area contributed by atoms with Crippen LogP contribution in [0.2, 0.25) is 0 Å². The molecule has 2 rings (SSSR count). The van der Waals surface area contributed by atoms with Crippen molar-refractivity contribution in [3.8, 4) is 11.5 Å². The van der Waals surface area contributed by atoms with Crippen LogP contribution in [0, 0.1) is 0 Å². The molecule has 1 unspecified atom stereocenters. The van der Waals surface area contributed by atoms with E-state index in [1.54, 1.807) is 20.5 Å². The number of rotatable bonds is 9. The number of aliphatic imine (C=N–C) groups is 1. The Labute approximate surface area is 178 Å². The lowest BCUT2D eigenvalue weighted by atomic mass is 10.2. The molecule has 0 bridgehead atoms. The minimum absolute atomic E-state index is 0. The maximum Gasteiger partial charge on any atom is 0.191 e. The smallest absolute Gasteiger partial charge is 0.191 e. The molecule has 1 heterocycles. The Balaban J connectivity index is 0.00000364. The van der Waals surface area contributed by atoms with Crippen LogP contribution in [0.1, 0.15) is 31.6 Å². The summed E-state index contributed by atoms with van der Waals surface area (Å²) in [4.78, 5) is 4.71. The van der Waals surface area contributed by atoms with E-state index in [1.165, 1.54) is 0 Å². The Morgan fingerprint density at radius 3 is 2.67 bits per heavy atom. The summed E-state index contributed by atoms with van der Waals surface area (Å²) in [5, 5.41) is 6.79. The van der Waals surface area contributed by atoms with Crippen LogP contribution in [0.5, 0.6) is 11.5 Å². The molecular formula is C20H30IN3O3. The van der Waals surface area contributed by atoms with Gasteiger partial charge in [0, 0.05) is 30.6 Å². The van der Waals surface area contributed by atoms with Crippen molar-refractivity contribution in [2.24, 2.45) is 4.99 Å². The quantitative estimate of drug-likeness (QED) is 0.318. The zero-order valence-corrected chi connectivity index (χ0v) is 18.8. The number of hydrogen-bond acceptors (Lipinski definition) is 4. The summed E-state index contributed by atoms with van der Waals surface area (Å²) in [6.07, 6.45) is 3.52. The minimum Gasteiger partial charge on any atom is -0.497 e. The molecule has 2 N–H and O–H groups in total. The predicted molar refractivity (Wildman–Crippen MR) is 119 cm³/mol. The standard InChI is InChI=1S/C20H29N3O3.HI/c1-5-15(2)23-20(21-11-10-17-7-6-12-26-17)22-14-16-8-9-18(24-3)13-19(16)25-4;/h6-9,12-13,15H,5,10-11,14H2,1-4H3,(H2,21,22,23);1H. The first-order chi connectivity index (χ1) is 12.7. The van der Waals surface area contributed by atoms with Gasteiger partial charge in [0.2, 0.25) is 0 Å². The fourth-order valence-electron chi connectivity index (χ4n) is 2.39. The van der Waals surface area contributed by atoms with E-state index in [0.29, 0.717) is 12.6 Å².